The van der Waals surface area contributed by atoms with Crippen molar-refractivity contribution in [3.8, 4) is 0 Å². The first-order valence-electron chi connectivity index (χ1n) is 8.89. The highest BCUT2D eigenvalue weighted by molar-refractivity contribution is 7.13. The number of rotatable bonds is 6. The molecule has 0 atom stereocenters. The summed E-state index contributed by atoms with van der Waals surface area (Å²) >= 11 is 1.45. The normalized spacial score (nSPS) is 15.8. The Morgan fingerprint density at radius 1 is 1.38 bits per heavy atom. The smallest absolute Gasteiger partial charge is 0.265 e. The largest absolute Gasteiger partial charge is 0.395 e. The molecule has 26 heavy (non-hydrogen) atoms. The van der Waals surface area contributed by atoms with Crippen molar-refractivity contribution in [3.63, 3.8) is 0 Å². The van der Waals surface area contributed by atoms with Gasteiger partial charge in [0.25, 0.3) is 5.91 Å². The minimum Gasteiger partial charge on any atom is -0.395 e. The van der Waals surface area contributed by atoms with E-state index in [2.05, 4.69) is 19.7 Å². The van der Waals surface area contributed by atoms with Crippen molar-refractivity contribution in [2.45, 2.75) is 32.2 Å². The number of nitrogens with zero attached hydrogens (tertiary/aromatic N) is 6. The first-order chi connectivity index (χ1) is 12.5. The van der Waals surface area contributed by atoms with Crippen molar-refractivity contribution in [1.82, 2.24) is 29.5 Å². The Morgan fingerprint density at radius 2 is 2.12 bits per heavy atom. The Bertz CT molecular complexity index is 750. The topological polar surface area (TPSA) is 87.4 Å². The molecule has 0 aromatic carbocycles. The highest BCUT2D eigenvalue weighted by Crippen LogP contribution is 2.28. The van der Waals surface area contributed by atoms with Crippen molar-refractivity contribution in [3.05, 3.63) is 27.7 Å². The lowest BCUT2D eigenvalue weighted by Gasteiger charge is -2.31. The second-order valence-electron chi connectivity index (χ2n) is 6.80. The number of aryl methyl sites for hydroxylation is 1. The molecule has 1 saturated heterocycles. The standard InChI is InChI=1S/C17H26N6O2S/c1-12-18-10-14(26-12)17(25)23-6-4-13(5-7-23)16-20-19-15(22(16)3)11-21(2)8-9-24/h10,13,24H,4-9,11H2,1-3H3. The molecule has 9 heteroatoms. The van der Waals surface area contributed by atoms with Crippen LogP contribution in [-0.4, -0.2) is 73.9 Å². The number of aliphatic hydroxyl groups is 1. The Balaban J connectivity index is 1.60. The van der Waals surface area contributed by atoms with Crippen LogP contribution in [0.4, 0.5) is 0 Å². The third-order valence-corrected chi connectivity index (χ3v) is 5.77. The summed E-state index contributed by atoms with van der Waals surface area (Å²) in [6, 6.07) is 0. The molecule has 0 saturated carbocycles. The second-order valence-corrected chi connectivity index (χ2v) is 8.04. The molecule has 0 radical (unpaired) electrons. The number of hydrogen-bond acceptors (Lipinski definition) is 7. The van der Waals surface area contributed by atoms with E-state index in [0.29, 0.717) is 23.9 Å². The van der Waals surface area contributed by atoms with Gasteiger partial charge in [0.1, 0.15) is 16.5 Å². The summed E-state index contributed by atoms with van der Waals surface area (Å²) < 4.78 is 2.06. The number of amides is 1. The Labute approximate surface area is 157 Å². The highest BCUT2D eigenvalue weighted by Gasteiger charge is 2.28. The van der Waals surface area contributed by atoms with E-state index in [4.69, 9.17) is 5.11 Å². The van der Waals surface area contributed by atoms with E-state index < -0.39 is 0 Å². The van der Waals surface area contributed by atoms with Gasteiger partial charge in [-0.05, 0) is 26.8 Å². The predicted octanol–water partition coefficient (Wildman–Crippen LogP) is 1.02. The molecule has 3 rings (SSSR count). The fraction of sp³-hybridized carbons (Fsp3) is 0.647. The average molecular weight is 379 g/mol. The van der Waals surface area contributed by atoms with Crippen molar-refractivity contribution in [1.29, 1.82) is 0 Å². The molecular formula is C17H26N6O2S. The van der Waals surface area contributed by atoms with Crippen LogP contribution < -0.4 is 0 Å². The predicted molar refractivity (Wildman–Crippen MR) is 99.2 cm³/mol. The van der Waals surface area contributed by atoms with E-state index in [1.165, 1.54) is 11.3 Å². The number of likely N-dealkylation sites (N-methyl/N-ethyl adjacent to an activating group) is 1. The molecular weight excluding hydrogens is 352 g/mol. The number of carbonyl (C=O) groups is 1. The molecule has 1 fully saturated rings. The van der Waals surface area contributed by atoms with Gasteiger partial charge >= 0.3 is 0 Å². The number of thiazole rings is 1. The summed E-state index contributed by atoms with van der Waals surface area (Å²) in [4.78, 5) is 21.4. The molecule has 0 bridgehead atoms. The summed E-state index contributed by atoms with van der Waals surface area (Å²) in [6.45, 7) is 4.77. The van der Waals surface area contributed by atoms with E-state index in [1.807, 2.05) is 30.8 Å². The van der Waals surface area contributed by atoms with Crippen molar-refractivity contribution >= 4 is 17.2 Å². The van der Waals surface area contributed by atoms with Gasteiger partial charge in [-0.3, -0.25) is 9.69 Å². The van der Waals surface area contributed by atoms with Crippen molar-refractivity contribution in [2.75, 3.05) is 33.3 Å². The molecule has 3 heterocycles. The third kappa shape index (κ3) is 4.11. The lowest BCUT2D eigenvalue weighted by atomic mass is 9.96. The molecule has 2 aromatic heterocycles. The van der Waals surface area contributed by atoms with Crippen LogP contribution in [0.2, 0.25) is 0 Å². The number of aromatic nitrogens is 4. The molecule has 142 valence electrons. The number of hydrogen-bond donors (Lipinski definition) is 1. The maximum atomic E-state index is 12.5. The van der Waals surface area contributed by atoms with Gasteiger partial charge in [0.05, 0.1) is 24.4 Å². The van der Waals surface area contributed by atoms with E-state index in [1.54, 1.807) is 6.20 Å². The first kappa shape index (κ1) is 18.9. The summed E-state index contributed by atoms with van der Waals surface area (Å²) in [5.74, 6) is 2.28. The third-order valence-electron chi connectivity index (χ3n) is 4.87. The summed E-state index contributed by atoms with van der Waals surface area (Å²) in [6.07, 6.45) is 3.45. The Hall–Kier alpha value is -1.84. The van der Waals surface area contributed by atoms with Crippen molar-refractivity contribution in [2.24, 2.45) is 7.05 Å². The SMILES string of the molecule is Cc1ncc(C(=O)N2CCC(c3nnc(CN(C)CCO)n3C)CC2)s1. The zero-order valence-corrected chi connectivity index (χ0v) is 16.4. The molecule has 0 aliphatic carbocycles. The molecule has 0 spiro atoms. The van der Waals surface area contributed by atoms with Gasteiger partial charge in [-0.15, -0.1) is 21.5 Å². The number of piperidine rings is 1. The number of aliphatic hydroxyl groups excluding tert-OH is 1. The lowest BCUT2D eigenvalue weighted by Crippen LogP contribution is -2.38. The van der Waals surface area contributed by atoms with Crippen LogP contribution in [-0.2, 0) is 13.6 Å². The van der Waals surface area contributed by atoms with Gasteiger partial charge in [0.15, 0.2) is 0 Å². The maximum absolute atomic E-state index is 12.5. The Morgan fingerprint density at radius 3 is 2.73 bits per heavy atom. The summed E-state index contributed by atoms with van der Waals surface area (Å²) in [5.41, 5.74) is 0. The van der Waals surface area contributed by atoms with Gasteiger partial charge in [-0.2, -0.15) is 0 Å². The molecule has 1 aliphatic heterocycles. The maximum Gasteiger partial charge on any atom is 0.265 e. The van der Waals surface area contributed by atoms with Crippen molar-refractivity contribution < 1.29 is 9.90 Å². The fourth-order valence-electron chi connectivity index (χ4n) is 3.32. The monoisotopic (exact) mass is 378 g/mol. The van der Waals surface area contributed by atoms with Crippen LogP contribution in [0.1, 0.15) is 45.1 Å². The number of likely N-dealkylation sites (tertiary alicyclic amines) is 1. The zero-order chi connectivity index (χ0) is 18.7. The average Bonchev–Trinajstić information content (AvgIpc) is 3.21. The summed E-state index contributed by atoms with van der Waals surface area (Å²) in [7, 11) is 3.95. The van der Waals surface area contributed by atoms with Gasteiger partial charge in [-0.25, -0.2) is 4.98 Å². The van der Waals surface area contributed by atoms with E-state index in [-0.39, 0.29) is 12.5 Å². The van der Waals surface area contributed by atoms with E-state index in [0.717, 1.165) is 42.6 Å². The second kappa shape index (κ2) is 8.24. The molecule has 2 aromatic rings. The highest BCUT2D eigenvalue weighted by atomic mass is 32.1. The van der Waals surface area contributed by atoms with Gasteiger partial charge < -0.3 is 14.6 Å². The van der Waals surface area contributed by atoms with Gasteiger partial charge in [0.2, 0.25) is 0 Å². The van der Waals surface area contributed by atoms with Crippen LogP contribution in [0.25, 0.3) is 0 Å². The number of carbonyl (C=O) groups excluding carboxylic acids is 1. The molecule has 0 unspecified atom stereocenters. The lowest BCUT2D eigenvalue weighted by molar-refractivity contribution is 0.0715. The van der Waals surface area contributed by atoms with Crippen LogP contribution in [0, 0.1) is 6.92 Å². The molecule has 1 amide bonds. The minimum atomic E-state index is 0.0818. The minimum absolute atomic E-state index is 0.0818. The van der Waals surface area contributed by atoms with E-state index >= 15 is 0 Å². The Kier molecular flexibility index (Phi) is 6.00. The molecule has 1 N–H and O–H groups in total. The molecule has 1 aliphatic rings. The zero-order valence-electron chi connectivity index (χ0n) is 15.6. The van der Waals surface area contributed by atoms with Crippen LogP contribution >= 0.6 is 11.3 Å². The molecule has 8 nitrogen and oxygen atoms in total. The summed E-state index contributed by atoms with van der Waals surface area (Å²) in [5, 5.41) is 18.7. The van der Waals surface area contributed by atoms with Crippen LogP contribution in [0.5, 0.6) is 0 Å². The van der Waals surface area contributed by atoms with Gasteiger partial charge in [-0.1, -0.05) is 0 Å². The fourth-order valence-corrected chi connectivity index (χ4v) is 4.06. The van der Waals surface area contributed by atoms with E-state index in [9.17, 15) is 4.79 Å². The van der Waals surface area contributed by atoms with Crippen LogP contribution in [0.3, 0.4) is 0 Å². The first-order valence-corrected chi connectivity index (χ1v) is 9.70. The van der Waals surface area contributed by atoms with Crippen LogP contribution in [0.15, 0.2) is 6.20 Å². The van der Waals surface area contributed by atoms with Gasteiger partial charge in [0, 0.05) is 32.6 Å². The quantitative estimate of drug-likeness (QED) is 0.808.